The molecular weight excluding hydrogens is 436 g/mol. The number of nitrogens with one attached hydrogen (secondary N) is 1. The highest BCUT2D eigenvalue weighted by Crippen LogP contribution is 2.26. The molecular formula is C27H29ClN2O3. The molecule has 0 bridgehead atoms. The van der Waals surface area contributed by atoms with Crippen LogP contribution in [0.4, 0.5) is 0 Å². The molecule has 3 aromatic carbocycles. The molecule has 0 aromatic heterocycles. The smallest absolute Gasteiger partial charge is 0.247 e. The number of carbonyl (C=O) groups is 2. The summed E-state index contributed by atoms with van der Waals surface area (Å²) in [5.74, 6) is 0.153. The zero-order chi connectivity index (χ0) is 23.8. The number of hydrogen-bond acceptors (Lipinski definition) is 3. The average molecular weight is 465 g/mol. The van der Waals surface area contributed by atoms with E-state index < -0.39 is 6.04 Å². The van der Waals surface area contributed by atoms with Gasteiger partial charge in [0.05, 0.1) is 7.11 Å². The number of rotatable bonds is 9. The molecule has 33 heavy (non-hydrogen) atoms. The first-order chi connectivity index (χ1) is 15.9. The summed E-state index contributed by atoms with van der Waals surface area (Å²) in [7, 11) is 1.61. The van der Waals surface area contributed by atoms with E-state index in [0.29, 0.717) is 18.1 Å². The van der Waals surface area contributed by atoms with Gasteiger partial charge in [0.1, 0.15) is 11.8 Å². The third-order valence-electron chi connectivity index (χ3n) is 5.34. The second-order valence-electron chi connectivity index (χ2n) is 8.13. The number of halogens is 1. The zero-order valence-corrected chi connectivity index (χ0v) is 19.9. The van der Waals surface area contributed by atoms with Crippen LogP contribution in [0.3, 0.4) is 0 Å². The van der Waals surface area contributed by atoms with Crippen molar-refractivity contribution in [3.63, 3.8) is 0 Å². The SMILES string of the molecule is COc1ccc(CNC(=O)C(c2ccccc2)N(Cc2ccc(Cl)cc2)C(=O)C(C)C)cc1. The van der Waals surface area contributed by atoms with Gasteiger partial charge in [0.2, 0.25) is 11.8 Å². The summed E-state index contributed by atoms with van der Waals surface area (Å²) in [6.07, 6.45) is 0. The van der Waals surface area contributed by atoms with Gasteiger partial charge in [-0.2, -0.15) is 0 Å². The van der Waals surface area contributed by atoms with Crippen molar-refractivity contribution < 1.29 is 14.3 Å². The fourth-order valence-corrected chi connectivity index (χ4v) is 3.68. The van der Waals surface area contributed by atoms with E-state index in [1.807, 2.05) is 80.6 Å². The Bertz CT molecular complexity index is 1050. The molecule has 172 valence electrons. The molecule has 1 unspecified atom stereocenters. The predicted molar refractivity (Wildman–Crippen MR) is 131 cm³/mol. The molecule has 6 heteroatoms. The van der Waals surface area contributed by atoms with Crippen LogP contribution >= 0.6 is 11.6 Å². The molecule has 2 amide bonds. The van der Waals surface area contributed by atoms with Gasteiger partial charge >= 0.3 is 0 Å². The lowest BCUT2D eigenvalue weighted by Gasteiger charge is -2.33. The van der Waals surface area contributed by atoms with Gasteiger partial charge in [-0.1, -0.05) is 80.0 Å². The fourth-order valence-electron chi connectivity index (χ4n) is 3.55. The second-order valence-corrected chi connectivity index (χ2v) is 8.56. The first kappa shape index (κ1) is 24.3. The highest BCUT2D eigenvalue weighted by Gasteiger charge is 2.32. The Kier molecular flexibility index (Phi) is 8.50. The van der Waals surface area contributed by atoms with Crippen molar-refractivity contribution in [2.24, 2.45) is 5.92 Å². The summed E-state index contributed by atoms with van der Waals surface area (Å²) in [5.41, 5.74) is 2.60. The number of amides is 2. The number of benzene rings is 3. The Balaban J connectivity index is 1.90. The summed E-state index contributed by atoms with van der Waals surface area (Å²) in [5, 5.41) is 3.63. The molecule has 0 radical (unpaired) electrons. The molecule has 0 spiro atoms. The molecule has 0 saturated heterocycles. The average Bonchev–Trinajstić information content (AvgIpc) is 2.84. The van der Waals surface area contributed by atoms with Gasteiger partial charge in [-0.15, -0.1) is 0 Å². The van der Waals surface area contributed by atoms with Gasteiger partial charge in [-0.25, -0.2) is 0 Å². The Morgan fingerprint density at radius 3 is 2.09 bits per heavy atom. The second kappa shape index (κ2) is 11.5. The topological polar surface area (TPSA) is 58.6 Å². The third-order valence-corrected chi connectivity index (χ3v) is 5.60. The standard InChI is InChI=1S/C27H29ClN2O3/c1-19(2)27(32)30(18-21-9-13-23(28)14-10-21)25(22-7-5-4-6-8-22)26(31)29-17-20-11-15-24(33-3)16-12-20/h4-16,19,25H,17-18H2,1-3H3,(H,29,31). The molecule has 0 aliphatic heterocycles. The highest BCUT2D eigenvalue weighted by atomic mass is 35.5. The molecule has 3 aromatic rings. The van der Waals surface area contributed by atoms with Crippen LogP contribution < -0.4 is 10.1 Å². The van der Waals surface area contributed by atoms with Crippen LogP contribution in [0.1, 0.15) is 36.6 Å². The molecule has 0 aliphatic rings. The number of carbonyl (C=O) groups excluding carboxylic acids is 2. The minimum atomic E-state index is -0.768. The first-order valence-corrected chi connectivity index (χ1v) is 11.3. The lowest BCUT2D eigenvalue weighted by atomic mass is 10.0. The zero-order valence-electron chi connectivity index (χ0n) is 19.1. The predicted octanol–water partition coefficient (Wildman–Crippen LogP) is 5.39. The normalized spacial score (nSPS) is 11.7. The lowest BCUT2D eigenvalue weighted by Crippen LogP contribution is -2.44. The van der Waals surface area contributed by atoms with E-state index in [2.05, 4.69) is 5.32 Å². The molecule has 1 N–H and O–H groups in total. The number of hydrogen-bond donors (Lipinski definition) is 1. The van der Waals surface area contributed by atoms with E-state index >= 15 is 0 Å². The van der Waals surface area contributed by atoms with Gasteiger partial charge in [-0.3, -0.25) is 9.59 Å². The van der Waals surface area contributed by atoms with Crippen molar-refractivity contribution in [3.05, 3.63) is 101 Å². The summed E-state index contributed by atoms with van der Waals surface area (Å²) in [6.45, 7) is 4.32. The summed E-state index contributed by atoms with van der Waals surface area (Å²) in [4.78, 5) is 28.4. The van der Waals surface area contributed by atoms with Crippen molar-refractivity contribution in [1.29, 1.82) is 0 Å². The quantitative estimate of drug-likeness (QED) is 0.461. The van der Waals surface area contributed by atoms with Crippen LogP contribution in [0.2, 0.25) is 5.02 Å². The van der Waals surface area contributed by atoms with E-state index in [-0.39, 0.29) is 17.7 Å². The van der Waals surface area contributed by atoms with Gasteiger partial charge in [0, 0.05) is 24.0 Å². The Morgan fingerprint density at radius 2 is 1.52 bits per heavy atom. The molecule has 0 saturated carbocycles. The molecule has 0 fully saturated rings. The summed E-state index contributed by atoms with van der Waals surface area (Å²) in [6, 6.07) is 23.5. The van der Waals surface area contributed by atoms with Crippen LogP contribution in [0, 0.1) is 5.92 Å². The maximum absolute atomic E-state index is 13.5. The maximum Gasteiger partial charge on any atom is 0.247 e. The number of nitrogens with zero attached hydrogens (tertiary/aromatic N) is 1. The van der Waals surface area contributed by atoms with Crippen LogP contribution in [-0.2, 0) is 22.7 Å². The molecule has 3 rings (SSSR count). The van der Waals surface area contributed by atoms with E-state index in [4.69, 9.17) is 16.3 Å². The van der Waals surface area contributed by atoms with E-state index in [1.54, 1.807) is 24.1 Å². The van der Waals surface area contributed by atoms with E-state index in [1.165, 1.54) is 0 Å². The maximum atomic E-state index is 13.5. The van der Waals surface area contributed by atoms with Crippen molar-refractivity contribution in [1.82, 2.24) is 10.2 Å². The fraction of sp³-hybridized carbons (Fsp3) is 0.259. The monoisotopic (exact) mass is 464 g/mol. The third kappa shape index (κ3) is 6.59. The first-order valence-electron chi connectivity index (χ1n) is 10.9. The van der Waals surface area contributed by atoms with Crippen LogP contribution in [-0.4, -0.2) is 23.8 Å². The van der Waals surface area contributed by atoms with Crippen molar-refractivity contribution in [2.45, 2.75) is 33.0 Å². The summed E-state index contributed by atoms with van der Waals surface area (Å²) < 4.78 is 5.20. The molecule has 0 heterocycles. The Hall–Kier alpha value is -3.31. The molecule has 0 aliphatic carbocycles. The minimum Gasteiger partial charge on any atom is -0.497 e. The van der Waals surface area contributed by atoms with E-state index in [9.17, 15) is 9.59 Å². The van der Waals surface area contributed by atoms with Crippen molar-refractivity contribution in [2.75, 3.05) is 7.11 Å². The van der Waals surface area contributed by atoms with Crippen LogP contribution in [0.25, 0.3) is 0 Å². The van der Waals surface area contributed by atoms with Crippen LogP contribution in [0.15, 0.2) is 78.9 Å². The van der Waals surface area contributed by atoms with Gasteiger partial charge in [0.25, 0.3) is 0 Å². The summed E-state index contributed by atoms with van der Waals surface area (Å²) >= 11 is 6.04. The molecule has 5 nitrogen and oxygen atoms in total. The number of methoxy groups -OCH3 is 1. The lowest BCUT2D eigenvalue weighted by molar-refractivity contribution is -0.144. The highest BCUT2D eigenvalue weighted by molar-refractivity contribution is 6.30. The van der Waals surface area contributed by atoms with Gasteiger partial charge in [-0.05, 0) is 41.0 Å². The Labute approximate surface area is 200 Å². The largest absolute Gasteiger partial charge is 0.497 e. The minimum absolute atomic E-state index is 0.0987. The van der Waals surface area contributed by atoms with E-state index in [0.717, 1.165) is 22.4 Å². The van der Waals surface area contributed by atoms with Crippen LogP contribution in [0.5, 0.6) is 5.75 Å². The van der Waals surface area contributed by atoms with Crippen molar-refractivity contribution >= 4 is 23.4 Å². The van der Waals surface area contributed by atoms with Gasteiger partial charge in [0.15, 0.2) is 0 Å². The Morgan fingerprint density at radius 1 is 0.909 bits per heavy atom. The molecule has 1 atom stereocenters. The van der Waals surface area contributed by atoms with Gasteiger partial charge < -0.3 is 15.0 Å². The van der Waals surface area contributed by atoms with Crippen molar-refractivity contribution in [3.8, 4) is 5.75 Å². The number of ether oxygens (including phenoxy) is 1.